The number of carbonyl (C=O) groups is 1. The minimum atomic E-state index is -4.93. The fourth-order valence-electron chi connectivity index (χ4n) is 0.985. The maximum absolute atomic E-state index is 11.0. The topological polar surface area (TPSA) is 146 Å². The highest BCUT2D eigenvalue weighted by Crippen LogP contribution is 2.22. The summed E-state index contributed by atoms with van der Waals surface area (Å²) in [5.74, 6) is -1.28. The van der Waals surface area contributed by atoms with Crippen LogP contribution < -0.4 is 0 Å². The van der Waals surface area contributed by atoms with E-state index in [9.17, 15) is 21.6 Å². The van der Waals surface area contributed by atoms with Crippen molar-refractivity contribution in [1.82, 2.24) is 0 Å². The Morgan fingerprint density at radius 2 is 1.50 bits per heavy atom. The van der Waals surface area contributed by atoms with Crippen LogP contribution in [-0.4, -0.2) is 42.9 Å². The molecule has 0 saturated heterocycles. The highest BCUT2D eigenvalue weighted by molar-refractivity contribution is 7.91. The fourth-order valence-corrected chi connectivity index (χ4v) is 2.27. The van der Waals surface area contributed by atoms with Crippen molar-refractivity contribution in [3.8, 4) is 0 Å². The molecule has 0 bridgehead atoms. The van der Waals surface area contributed by atoms with Gasteiger partial charge >= 0.3 is 0 Å². The summed E-state index contributed by atoms with van der Waals surface area (Å²) in [6, 6.07) is 0. The highest BCUT2D eigenvalue weighted by atomic mass is 32.2. The lowest BCUT2D eigenvalue weighted by atomic mass is 10.1. The van der Waals surface area contributed by atoms with Crippen LogP contribution in [0.25, 0.3) is 0 Å². The molecule has 90 valence electrons. The number of hydrogen-bond donors (Lipinski definition) is 3. The quantitative estimate of drug-likeness (QED) is 0.512. The zero-order chi connectivity index (χ0) is 12.7. The summed E-state index contributed by atoms with van der Waals surface area (Å²) in [5.41, 5.74) is 0. The van der Waals surface area contributed by atoms with Gasteiger partial charge in [-0.1, -0.05) is 0 Å². The van der Waals surface area contributed by atoms with Gasteiger partial charge in [0.25, 0.3) is 20.2 Å². The molecule has 0 heterocycles. The van der Waals surface area contributed by atoms with Gasteiger partial charge in [0, 0.05) is 6.08 Å². The summed E-state index contributed by atoms with van der Waals surface area (Å²) in [6.07, 6.45) is -1.52. The predicted molar refractivity (Wildman–Crippen MR) is 50.3 cm³/mol. The molecule has 1 aliphatic rings. The van der Waals surface area contributed by atoms with Crippen molar-refractivity contribution in [3.05, 3.63) is 22.0 Å². The van der Waals surface area contributed by atoms with Crippen LogP contribution in [0.15, 0.2) is 22.0 Å². The van der Waals surface area contributed by atoms with Crippen molar-refractivity contribution in [2.75, 3.05) is 0 Å². The average Bonchev–Trinajstić information content (AvgIpc) is 2.05. The molecule has 3 N–H and O–H groups in total. The van der Waals surface area contributed by atoms with Gasteiger partial charge < -0.3 is 5.11 Å². The second-order valence-electron chi connectivity index (χ2n) is 2.85. The summed E-state index contributed by atoms with van der Waals surface area (Å²) < 4.78 is 59.8. The van der Waals surface area contributed by atoms with E-state index < -0.39 is 41.9 Å². The first-order valence-corrected chi connectivity index (χ1v) is 6.51. The van der Waals surface area contributed by atoms with Crippen LogP contribution in [0.4, 0.5) is 0 Å². The Hall–Kier alpha value is -1.07. The lowest BCUT2D eigenvalue weighted by Gasteiger charge is -2.14. The Morgan fingerprint density at radius 1 is 1.00 bits per heavy atom. The van der Waals surface area contributed by atoms with Crippen LogP contribution in [0.1, 0.15) is 0 Å². The largest absolute Gasteiger partial charge is 0.379 e. The summed E-state index contributed by atoms with van der Waals surface area (Å²) in [7, 11) is -9.73. The van der Waals surface area contributed by atoms with Gasteiger partial charge in [0.05, 0.1) is 4.91 Å². The van der Waals surface area contributed by atoms with Crippen molar-refractivity contribution < 1.29 is 35.8 Å². The molecule has 1 aliphatic carbocycles. The molecule has 0 saturated carbocycles. The van der Waals surface area contributed by atoms with Crippen molar-refractivity contribution in [2.24, 2.45) is 0 Å². The molecule has 0 fully saturated rings. The second-order valence-corrected chi connectivity index (χ2v) is 5.69. The Balaban J connectivity index is 3.47. The molecule has 1 rings (SSSR count). The van der Waals surface area contributed by atoms with Gasteiger partial charge in [-0.25, -0.2) is 0 Å². The zero-order valence-electron chi connectivity index (χ0n) is 7.43. The van der Waals surface area contributed by atoms with Crippen LogP contribution in [0, 0.1) is 0 Å². The molecular formula is C6H6O8S2. The molecule has 0 aromatic rings. The molecule has 0 aliphatic heterocycles. The number of carbonyl (C=O) groups excluding carboxylic acids is 1. The van der Waals surface area contributed by atoms with E-state index in [0.717, 1.165) is 0 Å². The van der Waals surface area contributed by atoms with E-state index in [1.54, 1.807) is 0 Å². The zero-order valence-corrected chi connectivity index (χ0v) is 9.06. The Labute approximate surface area is 90.4 Å². The van der Waals surface area contributed by atoms with E-state index in [-0.39, 0.29) is 0 Å². The smallest absolute Gasteiger partial charge is 0.294 e. The average molecular weight is 270 g/mol. The second kappa shape index (κ2) is 3.75. The molecule has 1 unspecified atom stereocenters. The van der Waals surface area contributed by atoms with Crippen LogP contribution in [0.5, 0.6) is 0 Å². The van der Waals surface area contributed by atoms with Gasteiger partial charge in [0.15, 0.2) is 11.9 Å². The summed E-state index contributed by atoms with van der Waals surface area (Å²) in [5, 5.41) is 9.08. The van der Waals surface area contributed by atoms with E-state index in [2.05, 4.69) is 0 Å². The van der Waals surface area contributed by atoms with Crippen LogP contribution in [-0.2, 0) is 25.0 Å². The maximum Gasteiger partial charge on any atom is 0.294 e. The summed E-state index contributed by atoms with van der Waals surface area (Å²) >= 11 is 0. The van der Waals surface area contributed by atoms with Crippen molar-refractivity contribution in [1.29, 1.82) is 0 Å². The number of rotatable bonds is 2. The number of hydrogen-bond acceptors (Lipinski definition) is 6. The van der Waals surface area contributed by atoms with Gasteiger partial charge in [0.1, 0.15) is 4.91 Å². The summed E-state index contributed by atoms with van der Waals surface area (Å²) in [4.78, 5) is 8.77. The van der Waals surface area contributed by atoms with Crippen LogP contribution >= 0.6 is 0 Å². The molecule has 0 radical (unpaired) electrons. The van der Waals surface area contributed by atoms with E-state index >= 15 is 0 Å². The van der Waals surface area contributed by atoms with E-state index in [1.807, 2.05) is 0 Å². The predicted octanol–water partition coefficient (Wildman–Crippen LogP) is -1.53. The lowest BCUT2D eigenvalue weighted by molar-refractivity contribution is -0.120. The van der Waals surface area contributed by atoms with Crippen LogP contribution in [0.2, 0.25) is 0 Å². The van der Waals surface area contributed by atoms with Gasteiger partial charge in [-0.2, -0.15) is 16.8 Å². The minimum Gasteiger partial charge on any atom is -0.379 e. The summed E-state index contributed by atoms with van der Waals surface area (Å²) in [6.45, 7) is 0. The van der Waals surface area contributed by atoms with Crippen LogP contribution in [0.3, 0.4) is 0 Å². The number of allylic oxidation sites excluding steroid dienone is 1. The number of ketones is 1. The Morgan fingerprint density at radius 3 is 1.88 bits per heavy atom. The highest BCUT2D eigenvalue weighted by Gasteiger charge is 2.33. The standard InChI is InChI=1S/C6H6O8S2/c7-4-1-3(15(9,10)11)2-5(6(4)8)16(12,13)14/h1-2,6,8H,(H,9,10,11)(H,12,13,14). The lowest BCUT2D eigenvalue weighted by Crippen LogP contribution is -2.29. The minimum absolute atomic E-state index is 0.302. The van der Waals surface area contributed by atoms with E-state index in [4.69, 9.17) is 14.2 Å². The molecule has 8 nitrogen and oxygen atoms in total. The maximum atomic E-state index is 11.0. The number of aliphatic hydroxyl groups is 1. The van der Waals surface area contributed by atoms with Gasteiger partial charge in [-0.05, 0) is 6.08 Å². The first kappa shape index (κ1) is 13.0. The molecule has 0 spiro atoms. The monoisotopic (exact) mass is 270 g/mol. The van der Waals surface area contributed by atoms with E-state index in [1.165, 1.54) is 0 Å². The first-order valence-electron chi connectivity index (χ1n) is 3.63. The molecule has 1 atom stereocenters. The van der Waals surface area contributed by atoms with Gasteiger partial charge in [0.2, 0.25) is 0 Å². The molecule has 16 heavy (non-hydrogen) atoms. The molecule has 0 aromatic heterocycles. The molecule has 0 amide bonds. The van der Waals surface area contributed by atoms with Crippen molar-refractivity contribution in [3.63, 3.8) is 0 Å². The fraction of sp³-hybridized carbons (Fsp3) is 0.167. The van der Waals surface area contributed by atoms with Crippen molar-refractivity contribution >= 4 is 26.0 Å². The third-order valence-corrected chi connectivity index (χ3v) is 3.47. The van der Waals surface area contributed by atoms with Gasteiger partial charge in [-0.3, -0.25) is 13.9 Å². The van der Waals surface area contributed by atoms with Gasteiger partial charge in [-0.15, -0.1) is 0 Å². The normalized spacial score (nSPS) is 22.7. The first-order chi connectivity index (χ1) is 7.03. The van der Waals surface area contributed by atoms with E-state index in [0.29, 0.717) is 12.2 Å². The SMILES string of the molecule is O=C1C=C(S(=O)(=O)O)C=C(S(=O)(=O)O)C1O. The Kier molecular flexibility index (Phi) is 3.04. The molecular weight excluding hydrogens is 264 g/mol. The Bertz CT molecular complexity index is 590. The van der Waals surface area contributed by atoms with Crippen molar-refractivity contribution in [2.45, 2.75) is 6.10 Å². The molecule has 0 aromatic carbocycles. The third kappa shape index (κ3) is 2.54. The third-order valence-electron chi connectivity index (χ3n) is 1.70. The molecule has 10 heteroatoms. The number of aliphatic hydroxyl groups excluding tert-OH is 1.